The summed E-state index contributed by atoms with van der Waals surface area (Å²) >= 11 is 1.91. The number of thiophene rings is 1. The molecule has 0 radical (unpaired) electrons. The van der Waals surface area contributed by atoms with Gasteiger partial charge in [-0.25, -0.2) is 0 Å². The molecule has 4 aliphatic heterocycles. The Balaban J connectivity index is 1.79. The molecule has 4 aliphatic rings. The third-order valence-electron chi connectivity index (χ3n) is 7.26. The van der Waals surface area contributed by atoms with Gasteiger partial charge in [0, 0.05) is 0 Å². The Labute approximate surface area is 137 Å². The van der Waals surface area contributed by atoms with Gasteiger partial charge in [-0.3, -0.25) is 9.80 Å². The van der Waals surface area contributed by atoms with Crippen molar-refractivity contribution in [2.24, 2.45) is 22.7 Å². The molecule has 4 bridgehead atoms. The molecule has 0 saturated carbocycles. The Morgan fingerprint density at radius 3 is 1.91 bits per heavy atom. The molecule has 4 heteroatoms. The molecule has 0 aromatic carbocycles. The highest BCUT2D eigenvalue weighted by Crippen LogP contribution is 2.48. The van der Waals surface area contributed by atoms with Crippen LogP contribution >= 0.6 is 11.3 Å². The van der Waals surface area contributed by atoms with Crippen LogP contribution in [0.2, 0.25) is 0 Å². The molecule has 0 atom stereocenters. The molecule has 3 nitrogen and oxygen atoms in total. The molecular formula is C18H30N2OS+2. The fourth-order valence-corrected chi connectivity index (χ4v) is 6.84. The van der Waals surface area contributed by atoms with Gasteiger partial charge >= 0.3 is 0 Å². The third-order valence-corrected chi connectivity index (χ3v) is 8.19. The molecule has 22 heavy (non-hydrogen) atoms. The van der Waals surface area contributed by atoms with Crippen molar-refractivity contribution < 1.29 is 14.9 Å². The number of piperidine rings is 2. The minimum Gasteiger partial charge on any atom is -0.391 e. The summed E-state index contributed by atoms with van der Waals surface area (Å²) < 4.78 is 0. The van der Waals surface area contributed by atoms with Gasteiger partial charge in [0.2, 0.25) is 6.17 Å². The van der Waals surface area contributed by atoms with E-state index in [1.54, 1.807) is 9.80 Å². The van der Waals surface area contributed by atoms with E-state index >= 15 is 0 Å². The summed E-state index contributed by atoms with van der Waals surface area (Å²) in [5.74, 6) is 1.10. The second-order valence-corrected chi connectivity index (χ2v) is 9.63. The van der Waals surface area contributed by atoms with Crippen molar-refractivity contribution in [2.75, 3.05) is 26.2 Å². The fourth-order valence-electron chi connectivity index (χ4n) is 5.90. The van der Waals surface area contributed by atoms with Crippen LogP contribution in [-0.2, 0) is 0 Å². The summed E-state index contributed by atoms with van der Waals surface area (Å²) in [6, 6.07) is 4.51. The lowest BCUT2D eigenvalue weighted by molar-refractivity contribution is -1.19. The zero-order valence-electron chi connectivity index (χ0n) is 14.2. The van der Waals surface area contributed by atoms with E-state index < -0.39 is 0 Å². The highest BCUT2D eigenvalue weighted by molar-refractivity contribution is 7.09. The quantitative estimate of drug-likeness (QED) is 0.729. The number of aliphatic hydroxyl groups excluding tert-OH is 1. The lowest BCUT2D eigenvalue weighted by atomic mass is 9.52. The van der Waals surface area contributed by atoms with Crippen LogP contribution in [0.4, 0.5) is 0 Å². The monoisotopic (exact) mass is 322 g/mol. The van der Waals surface area contributed by atoms with Gasteiger partial charge in [0.05, 0.1) is 43.1 Å². The average Bonchev–Trinajstić information content (AvgIpc) is 2.96. The first-order valence-corrected chi connectivity index (χ1v) is 9.69. The normalized spacial score (nSPS) is 46.9. The molecular weight excluding hydrogens is 292 g/mol. The van der Waals surface area contributed by atoms with E-state index in [1.165, 1.54) is 4.88 Å². The Morgan fingerprint density at radius 2 is 1.55 bits per heavy atom. The van der Waals surface area contributed by atoms with Crippen molar-refractivity contribution >= 4 is 11.3 Å². The number of quaternary nitrogens is 2. The van der Waals surface area contributed by atoms with E-state index in [1.807, 2.05) is 11.3 Å². The van der Waals surface area contributed by atoms with Gasteiger partial charge in [-0.15, -0.1) is 11.3 Å². The minimum atomic E-state index is -0.128. The molecule has 5 rings (SSSR count). The van der Waals surface area contributed by atoms with Crippen LogP contribution in [0.3, 0.4) is 0 Å². The Bertz CT molecular complexity index is 509. The minimum absolute atomic E-state index is 0.110. The Kier molecular flexibility index (Phi) is 3.29. The van der Waals surface area contributed by atoms with Crippen LogP contribution in [0.25, 0.3) is 0 Å². The lowest BCUT2D eigenvalue weighted by Crippen LogP contribution is -3.41. The smallest absolute Gasteiger partial charge is 0.249 e. The molecule has 122 valence electrons. The average molecular weight is 323 g/mol. The summed E-state index contributed by atoms with van der Waals surface area (Å²) in [5.41, 5.74) is 0.221. The maximum atomic E-state index is 11.4. The van der Waals surface area contributed by atoms with Gasteiger partial charge in [-0.1, -0.05) is 33.8 Å². The molecule has 1 aromatic heterocycles. The van der Waals surface area contributed by atoms with Gasteiger partial charge in [-0.05, 0) is 23.3 Å². The summed E-state index contributed by atoms with van der Waals surface area (Å²) in [5, 5.41) is 13.6. The van der Waals surface area contributed by atoms with Crippen molar-refractivity contribution in [1.29, 1.82) is 0 Å². The van der Waals surface area contributed by atoms with Gasteiger partial charge in [0.15, 0.2) is 0 Å². The Morgan fingerprint density at radius 1 is 1.05 bits per heavy atom. The first kappa shape index (κ1) is 15.1. The predicted octanol–water partition coefficient (Wildman–Crippen LogP) is 0.203. The molecule has 3 N–H and O–H groups in total. The van der Waals surface area contributed by atoms with Crippen molar-refractivity contribution in [3.05, 3.63) is 22.4 Å². The summed E-state index contributed by atoms with van der Waals surface area (Å²) in [6.45, 7) is 13.9. The van der Waals surface area contributed by atoms with Crippen molar-refractivity contribution in [3.63, 3.8) is 0 Å². The second-order valence-electron chi connectivity index (χ2n) is 8.65. The number of hydrogen-bond donors (Lipinski definition) is 3. The van der Waals surface area contributed by atoms with E-state index in [0.29, 0.717) is 18.0 Å². The van der Waals surface area contributed by atoms with Crippen LogP contribution in [0, 0.1) is 22.7 Å². The third kappa shape index (κ3) is 1.73. The van der Waals surface area contributed by atoms with E-state index in [0.717, 1.165) is 26.2 Å². The first-order valence-electron chi connectivity index (χ1n) is 8.81. The molecule has 0 spiro atoms. The van der Waals surface area contributed by atoms with Crippen LogP contribution in [0.15, 0.2) is 17.5 Å². The van der Waals surface area contributed by atoms with Crippen molar-refractivity contribution in [3.8, 4) is 0 Å². The maximum Gasteiger partial charge on any atom is 0.249 e. The SMILES string of the molecule is CC(C)C12C[NH+]3CC(C(C)C)(C[NH+](C1)C3c1cccs1)C2O. The molecule has 5 heterocycles. The summed E-state index contributed by atoms with van der Waals surface area (Å²) in [6.07, 6.45) is 0.475. The van der Waals surface area contributed by atoms with Crippen LogP contribution < -0.4 is 9.80 Å². The summed E-state index contributed by atoms with van der Waals surface area (Å²) in [4.78, 5) is 4.99. The van der Waals surface area contributed by atoms with E-state index in [4.69, 9.17) is 0 Å². The predicted molar refractivity (Wildman–Crippen MR) is 89.0 cm³/mol. The molecule has 0 unspecified atom stereocenters. The molecule has 1 aromatic rings. The van der Waals surface area contributed by atoms with Crippen LogP contribution in [-0.4, -0.2) is 37.4 Å². The van der Waals surface area contributed by atoms with Gasteiger partial charge in [-0.2, -0.15) is 0 Å². The molecule has 0 aliphatic carbocycles. The van der Waals surface area contributed by atoms with Crippen LogP contribution in [0.5, 0.6) is 0 Å². The lowest BCUT2D eigenvalue weighted by Gasteiger charge is -2.66. The molecule has 0 amide bonds. The molecule has 4 fully saturated rings. The zero-order chi connectivity index (χ0) is 15.7. The topological polar surface area (TPSA) is 29.1 Å². The fraction of sp³-hybridized carbons (Fsp3) is 0.778. The van der Waals surface area contributed by atoms with Gasteiger partial charge in [0.1, 0.15) is 4.88 Å². The number of rotatable bonds is 3. The number of hydrogen-bond acceptors (Lipinski definition) is 2. The van der Waals surface area contributed by atoms with E-state index in [-0.39, 0.29) is 16.9 Å². The first-order chi connectivity index (χ1) is 10.4. The number of aliphatic hydroxyl groups is 1. The molecule has 4 saturated heterocycles. The largest absolute Gasteiger partial charge is 0.391 e. The highest BCUT2D eigenvalue weighted by Gasteiger charge is 2.72. The number of nitrogens with one attached hydrogen (secondary N) is 2. The van der Waals surface area contributed by atoms with Crippen molar-refractivity contribution in [2.45, 2.75) is 40.0 Å². The van der Waals surface area contributed by atoms with E-state index in [9.17, 15) is 5.11 Å². The van der Waals surface area contributed by atoms with Crippen molar-refractivity contribution in [1.82, 2.24) is 0 Å². The maximum absolute atomic E-state index is 11.4. The highest BCUT2D eigenvalue weighted by atomic mass is 32.1. The van der Waals surface area contributed by atoms with Crippen LogP contribution in [0.1, 0.15) is 38.7 Å². The van der Waals surface area contributed by atoms with Gasteiger partial charge in [0.25, 0.3) is 0 Å². The Hall–Kier alpha value is -0.420. The van der Waals surface area contributed by atoms with Gasteiger partial charge < -0.3 is 5.11 Å². The standard InChI is InChI=1S/C18H28N2OS/c1-12(2)17-8-19-10-18(13(3)4,16(17)21)11-20(9-17)15(19)14-6-5-7-22-14/h5-7,12-13,15-16,21H,8-11H2,1-4H3/p+2. The second kappa shape index (κ2) is 4.79. The zero-order valence-corrected chi connectivity index (χ0v) is 15.0. The summed E-state index contributed by atoms with van der Waals surface area (Å²) in [7, 11) is 0. The van der Waals surface area contributed by atoms with E-state index in [2.05, 4.69) is 45.2 Å².